The maximum absolute atomic E-state index is 5.86. The maximum Gasteiger partial charge on any atom is 0.0406 e. The monoisotopic (exact) mass is 252 g/mol. The molecule has 0 atom stereocenters. The van der Waals surface area contributed by atoms with Crippen LogP contribution in [-0.4, -0.2) is 0 Å². The number of hydrogen-bond acceptors (Lipinski definition) is 0. The van der Waals surface area contributed by atoms with Crippen molar-refractivity contribution in [1.82, 2.24) is 0 Å². The van der Waals surface area contributed by atoms with Crippen molar-refractivity contribution in [3.8, 4) is 0 Å². The first-order valence-corrected chi connectivity index (χ1v) is 7.47. The number of benzene rings is 1. The molecule has 0 aromatic heterocycles. The molecule has 2 rings (SSSR count). The van der Waals surface area contributed by atoms with Crippen molar-refractivity contribution >= 4 is 11.6 Å². The summed E-state index contributed by atoms with van der Waals surface area (Å²) in [5.41, 5.74) is 1.44. The molecule has 1 heteroatoms. The molecule has 0 heterocycles. The molecular weight excluding hydrogens is 228 g/mol. The molecule has 0 spiro atoms. The van der Waals surface area contributed by atoms with Crippen LogP contribution in [0.5, 0.6) is 0 Å². The van der Waals surface area contributed by atoms with E-state index in [1.54, 1.807) is 0 Å². The van der Waals surface area contributed by atoms with E-state index in [-0.39, 0.29) is 0 Å². The van der Waals surface area contributed by atoms with Crippen LogP contribution in [0.2, 0.25) is 5.02 Å². The minimum absolute atomic E-state index is 0.844. The van der Waals surface area contributed by atoms with Crippen molar-refractivity contribution in [2.24, 2.45) is 5.92 Å². The van der Waals surface area contributed by atoms with Crippen molar-refractivity contribution in [1.29, 1.82) is 0 Å². The van der Waals surface area contributed by atoms with E-state index in [4.69, 9.17) is 11.6 Å². The highest BCUT2D eigenvalue weighted by Crippen LogP contribution is 2.27. The molecule has 0 aliphatic heterocycles. The van der Waals surface area contributed by atoms with Crippen molar-refractivity contribution in [2.45, 2.75) is 58.8 Å². The predicted molar refractivity (Wildman–Crippen MR) is 77.7 cm³/mol. The third kappa shape index (κ3) is 5.59. The van der Waals surface area contributed by atoms with E-state index in [2.05, 4.69) is 12.1 Å². The smallest absolute Gasteiger partial charge is 0.0406 e. The number of hydrogen-bond donors (Lipinski definition) is 0. The SMILES string of the molecule is CC.Clc1ccc(CCC2CCCCC2)cc1. The van der Waals surface area contributed by atoms with Gasteiger partial charge in [0.15, 0.2) is 0 Å². The number of halogens is 1. The first kappa shape index (κ1) is 14.6. The van der Waals surface area contributed by atoms with Gasteiger partial charge in [-0.25, -0.2) is 0 Å². The first-order chi connectivity index (χ1) is 8.34. The molecule has 0 amide bonds. The van der Waals surface area contributed by atoms with Gasteiger partial charge in [-0.15, -0.1) is 0 Å². The van der Waals surface area contributed by atoms with Crippen LogP contribution < -0.4 is 0 Å². The molecule has 1 aliphatic carbocycles. The van der Waals surface area contributed by atoms with Crippen LogP contribution in [0, 0.1) is 5.92 Å². The lowest BCUT2D eigenvalue weighted by molar-refractivity contribution is 0.339. The molecule has 0 N–H and O–H groups in total. The Labute approximate surface area is 111 Å². The Balaban J connectivity index is 0.000000686. The van der Waals surface area contributed by atoms with E-state index in [0.29, 0.717) is 0 Å². The van der Waals surface area contributed by atoms with Gasteiger partial charge in [-0.3, -0.25) is 0 Å². The molecule has 0 saturated heterocycles. The molecule has 1 aliphatic rings. The number of rotatable bonds is 3. The quantitative estimate of drug-likeness (QED) is 0.630. The minimum Gasteiger partial charge on any atom is -0.0843 e. The number of aryl methyl sites for hydroxylation is 1. The van der Waals surface area contributed by atoms with Gasteiger partial charge in [0.25, 0.3) is 0 Å². The Morgan fingerprint density at radius 3 is 2.18 bits per heavy atom. The molecule has 17 heavy (non-hydrogen) atoms. The lowest BCUT2D eigenvalue weighted by Gasteiger charge is -2.21. The summed E-state index contributed by atoms with van der Waals surface area (Å²) in [4.78, 5) is 0. The topological polar surface area (TPSA) is 0 Å². The lowest BCUT2D eigenvalue weighted by Crippen LogP contribution is -2.07. The lowest BCUT2D eigenvalue weighted by atomic mass is 9.85. The van der Waals surface area contributed by atoms with E-state index in [0.717, 1.165) is 10.9 Å². The summed E-state index contributed by atoms with van der Waals surface area (Å²) in [5.74, 6) is 0.981. The Kier molecular flexibility index (Phi) is 7.35. The molecule has 1 aromatic carbocycles. The molecule has 96 valence electrons. The van der Waals surface area contributed by atoms with Gasteiger partial charge < -0.3 is 0 Å². The summed E-state index contributed by atoms with van der Waals surface area (Å²) in [6.45, 7) is 4.00. The minimum atomic E-state index is 0.844. The van der Waals surface area contributed by atoms with E-state index in [9.17, 15) is 0 Å². The maximum atomic E-state index is 5.86. The van der Waals surface area contributed by atoms with Gasteiger partial charge in [0.2, 0.25) is 0 Å². The fraction of sp³-hybridized carbons (Fsp3) is 0.625. The van der Waals surface area contributed by atoms with Crippen LogP contribution in [0.25, 0.3) is 0 Å². The van der Waals surface area contributed by atoms with Gasteiger partial charge in [-0.2, -0.15) is 0 Å². The fourth-order valence-corrected chi connectivity index (χ4v) is 2.62. The van der Waals surface area contributed by atoms with Crippen LogP contribution in [0.1, 0.15) is 57.9 Å². The largest absolute Gasteiger partial charge is 0.0843 e. The van der Waals surface area contributed by atoms with Gasteiger partial charge in [0, 0.05) is 5.02 Å². The van der Waals surface area contributed by atoms with E-state index in [1.807, 2.05) is 26.0 Å². The summed E-state index contributed by atoms with van der Waals surface area (Å²) in [6, 6.07) is 8.31. The average molecular weight is 253 g/mol. The van der Waals surface area contributed by atoms with Gasteiger partial charge in [0.05, 0.1) is 0 Å². The molecular formula is C16H25Cl. The normalized spacial score (nSPS) is 16.2. The van der Waals surface area contributed by atoms with Crippen LogP contribution in [0.3, 0.4) is 0 Å². The third-order valence-electron chi connectivity index (χ3n) is 3.48. The molecule has 0 nitrogen and oxygen atoms in total. The van der Waals surface area contributed by atoms with Crippen molar-refractivity contribution in [3.05, 3.63) is 34.9 Å². The third-order valence-corrected chi connectivity index (χ3v) is 3.73. The zero-order valence-electron chi connectivity index (χ0n) is 11.2. The second kappa shape index (κ2) is 8.58. The van der Waals surface area contributed by atoms with Gasteiger partial charge in [-0.1, -0.05) is 69.7 Å². The first-order valence-electron chi connectivity index (χ1n) is 7.09. The summed E-state index contributed by atoms with van der Waals surface area (Å²) >= 11 is 5.86. The van der Waals surface area contributed by atoms with Crippen molar-refractivity contribution in [3.63, 3.8) is 0 Å². The predicted octanol–water partition coefficient (Wildman–Crippen LogP) is 5.88. The van der Waals surface area contributed by atoms with Gasteiger partial charge in [-0.05, 0) is 36.5 Å². The molecule has 1 fully saturated rings. The summed E-state index contributed by atoms with van der Waals surface area (Å²) < 4.78 is 0. The van der Waals surface area contributed by atoms with Crippen LogP contribution >= 0.6 is 11.6 Å². The highest BCUT2D eigenvalue weighted by Gasteiger charge is 2.12. The Bertz CT molecular complexity index is 283. The molecule has 0 radical (unpaired) electrons. The van der Waals surface area contributed by atoms with E-state index in [1.165, 1.54) is 50.5 Å². The molecule has 0 bridgehead atoms. The Morgan fingerprint density at radius 1 is 1.00 bits per heavy atom. The highest BCUT2D eigenvalue weighted by molar-refractivity contribution is 6.30. The van der Waals surface area contributed by atoms with Crippen molar-refractivity contribution in [2.75, 3.05) is 0 Å². The standard InChI is InChI=1S/C14H19Cl.C2H6/c15-14-10-8-13(9-11-14)7-6-12-4-2-1-3-5-12;1-2/h8-12H,1-7H2;1-2H3. The Hall–Kier alpha value is -0.490. The fourth-order valence-electron chi connectivity index (χ4n) is 2.50. The second-order valence-corrected chi connectivity index (χ2v) is 5.11. The van der Waals surface area contributed by atoms with Crippen LogP contribution in [0.4, 0.5) is 0 Å². The average Bonchev–Trinajstić information content (AvgIpc) is 2.42. The van der Waals surface area contributed by atoms with E-state index < -0.39 is 0 Å². The Morgan fingerprint density at radius 2 is 1.59 bits per heavy atom. The zero-order valence-corrected chi connectivity index (χ0v) is 12.0. The van der Waals surface area contributed by atoms with E-state index >= 15 is 0 Å². The second-order valence-electron chi connectivity index (χ2n) is 4.67. The molecule has 1 saturated carbocycles. The molecule has 0 unspecified atom stereocenters. The highest BCUT2D eigenvalue weighted by atomic mass is 35.5. The molecule has 1 aromatic rings. The van der Waals surface area contributed by atoms with Crippen LogP contribution in [-0.2, 0) is 6.42 Å². The summed E-state index contributed by atoms with van der Waals surface area (Å²) in [7, 11) is 0. The zero-order chi connectivity index (χ0) is 12.5. The summed E-state index contributed by atoms with van der Waals surface area (Å²) in [6.07, 6.45) is 9.85. The van der Waals surface area contributed by atoms with Gasteiger partial charge >= 0.3 is 0 Å². The van der Waals surface area contributed by atoms with Crippen LogP contribution in [0.15, 0.2) is 24.3 Å². The van der Waals surface area contributed by atoms with Gasteiger partial charge in [0.1, 0.15) is 0 Å². The summed E-state index contributed by atoms with van der Waals surface area (Å²) in [5, 5.41) is 0.844. The van der Waals surface area contributed by atoms with Crippen molar-refractivity contribution < 1.29 is 0 Å².